The van der Waals surface area contributed by atoms with Crippen LogP contribution in [0.4, 0.5) is 0 Å². The van der Waals surface area contributed by atoms with Gasteiger partial charge in [0, 0.05) is 11.8 Å². The molecular formula is C14H17BrO2. The summed E-state index contributed by atoms with van der Waals surface area (Å²) in [6.07, 6.45) is 3.72. The molecule has 0 aromatic heterocycles. The molecule has 3 heteroatoms. The van der Waals surface area contributed by atoms with E-state index < -0.39 is 0 Å². The minimum atomic E-state index is -0.222. The van der Waals surface area contributed by atoms with Crippen LogP contribution in [0.1, 0.15) is 36.8 Å². The van der Waals surface area contributed by atoms with E-state index in [1.165, 1.54) is 11.1 Å². The van der Waals surface area contributed by atoms with E-state index in [1.807, 2.05) is 0 Å². The quantitative estimate of drug-likeness (QED) is 0.850. The third kappa shape index (κ3) is 2.05. The average molecular weight is 297 g/mol. The molecule has 0 aliphatic carbocycles. The molecule has 1 aromatic carbocycles. The molecule has 2 heterocycles. The molecule has 0 radical (unpaired) electrons. The lowest BCUT2D eigenvalue weighted by Crippen LogP contribution is -2.37. The number of ether oxygens (including phenoxy) is 1. The van der Waals surface area contributed by atoms with Gasteiger partial charge >= 0.3 is 0 Å². The van der Waals surface area contributed by atoms with Crippen LogP contribution in [0.5, 0.6) is 0 Å². The highest BCUT2D eigenvalue weighted by atomic mass is 79.9. The smallest absolute Gasteiger partial charge is 0.0960 e. The molecule has 1 N–H and O–H groups in total. The van der Waals surface area contributed by atoms with E-state index in [9.17, 15) is 5.11 Å². The molecule has 92 valence electrons. The van der Waals surface area contributed by atoms with Crippen molar-refractivity contribution in [3.8, 4) is 0 Å². The second-order valence-corrected chi connectivity index (χ2v) is 5.76. The lowest BCUT2D eigenvalue weighted by Gasteiger charge is -2.36. The minimum Gasteiger partial charge on any atom is -0.393 e. The Balaban J connectivity index is 1.96. The van der Waals surface area contributed by atoms with E-state index in [-0.39, 0.29) is 17.8 Å². The molecule has 0 spiro atoms. The van der Waals surface area contributed by atoms with Crippen LogP contribution >= 0.6 is 15.9 Å². The summed E-state index contributed by atoms with van der Waals surface area (Å²) >= 11 is 3.49. The lowest BCUT2D eigenvalue weighted by atomic mass is 9.85. The van der Waals surface area contributed by atoms with Gasteiger partial charge in [-0.3, -0.25) is 0 Å². The highest BCUT2D eigenvalue weighted by molar-refractivity contribution is 9.08. The SMILES string of the molecule is OC1CC2CCC(c3cccc(CBr)c3)(C1)O2. The van der Waals surface area contributed by atoms with Gasteiger partial charge in [-0.2, -0.15) is 0 Å². The van der Waals surface area contributed by atoms with Crippen LogP contribution in [0.25, 0.3) is 0 Å². The number of hydrogen-bond donors (Lipinski definition) is 1. The van der Waals surface area contributed by atoms with E-state index in [2.05, 4.69) is 40.2 Å². The van der Waals surface area contributed by atoms with Crippen molar-refractivity contribution >= 4 is 15.9 Å². The summed E-state index contributed by atoms with van der Waals surface area (Å²) in [6.45, 7) is 0. The van der Waals surface area contributed by atoms with Gasteiger partial charge in [-0.05, 0) is 30.4 Å². The van der Waals surface area contributed by atoms with Gasteiger partial charge in [0.15, 0.2) is 0 Å². The maximum absolute atomic E-state index is 9.95. The number of alkyl halides is 1. The summed E-state index contributed by atoms with van der Waals surface area (Å²) in [5, 5.41) is 10.8. The summed E-state index contributed by atoms with van der Waals surface area (Å²) in [6, 6.07) is 8.53. The van der Waals surface area contributed by atoms with E-state index in [0.717, 1.165) is 31.0 Å². The third-order valence-corrected chi connectivity index (χ3v) is 4.62. The predicted molar refractivity (Wildman–Crippen MR) is 70.1 cm³/mol. The first-order valence-electron chi connectivity index (χ1n) is 6.23. The molecule has 2 nitrogen and oxygen atoms in total. The van der Waals surface area contributed by atoms with Crippen molar-refractivity contribution in [2.45, 2.75) is 48.8 Å². The van der Waals surface area contributed by atoms with Crippen LogP contribution in [-0.4, -0.2) is 17.3 Å². The van der Waals surface area contributed by atoms with Crippen molar-refractivity contribution in [2.24, 2.45) is 0 Å². The Morgan fingerprint density at radius 1 is 1.47 bits per heavy atom. The van der Waals surface area contributed by atoms with Gasteiger partial charge in [-0.15, -0.1) is 0 Å². The van der Waals surface area contributed by atoms with E-state index >= 15 is 0 Å². The Morgan fingerprint density at radius 3 is 3.18 bits per heavy atom. The largest absolute Gasteiger partial charge is 0.393 e. The Kier molecular flexibility index (Phi) is 3.01. The first kappa shape index (κ1) is 11.7. The average Bonchev–Trinajstić information content (AvgIpc) is 2.66. The minimum absolute atomic E-state index is 0.205. The zero-order chi connectivity index (χ0) is 11.9. The Hall–Kier alpha value is -0.380. The van der Waals surface area contributed by atoms with Crippen molar-refractivity contribution < 1.29 is 9.84 Å². The van der Waals surface area contributed by atoms with Crippen molar-refractivity contribution in [3.05, 3.63) is 35.4 Å². The molecule has 2 bridgehead atoms. The fourth-order valence-corrected chi connectivity index (χ4v) is 3.53. The lowest BCUT2D eigenvalue weighted by molar-refractivity contribution is -0.123. The number of hydrogen-bond acceptors (Lipinski definition) is 2. The summed E-state index contributed by atoms with van der Waals surface area (Å²) in [4.78, 5) is 0. The fraction of sp³-hybridized carbons (Fsp3) is 0.571. The number of fused-ring (bicyclic) bond motifs is 2. The second kappa shape index (κ2) is 4.38. The van der Waals surface area contributed by atoms with Crippen molar-refractivity contribution in [1.29, 1.82) is 0 Å². The Morgan fingerprint density at radius 2 is 2.35 bits per heavy atom. The van der Waals surface area contributed by atoms with Gasteiger partial charge in [0.2, 0.25) is 0 Å². The predicted octanol–water partition coefficient (Wildman–Crippen LogP) is 3.11. The zero-order valence-corrected chi connectivity index (χ0v) is 11.3. The van der Waals surface area contributed by atoms with Crippen molar-refractivity contribution in [1.82, 2.24) is 0 Å². The summed E-state index contributed by atoms with van der Waals surface area (Å²) < 4.78 is 6.17. The first-order valence-corrected chi connectivity index (χ1v) is 7.35. The molecule has 2 fully saturated rings. The van der Waals surface area contributed by atoms with Crippen LogP contribution in [-0.2, 0) is 15.7 Å². The van der Waals surface area contributed by atoms with Crippen LogP contribution in [0.2, 0.25) is 0 Å². The fourth-order valence-electron chi connectivity index (χ4n) is 3.18. The molecule has 1 aromatic rings. The molecule has 3 unspecified atom stereocenters. The molecule has 3 atom stereocenters. The summed E-state index contributed by atoms with van der Waals surface area (Å²) in [5.74, 6) is 0. The monoisotopic (exact) mass is 296 g/mol. The first-order chi connectivity index (χ1) is 8.22. The van der Waals surface area contributed by atoms with E-state index in [1.54, 1.807) is 0 Å². The van der Waals surface area contributed by atoms with Gasteiger partial charge in [-0.1, -0.05) is 40.2 Å². The Labute approximate surface area is 110 Å². The molecule has 2 saturated heterocycles. The van der Waals surface area contributed by atoms with Crippen molar-refractivity contribution in [2.75, 3.05) is 0 Å². The van der Waals surface area contributed by atoms with Gasteiger partial charge in [-0.25, -0.2) is 0 Å². The highest BCUT2D eigenvalue weighted by Gasteiger charge is 2.47. The van der Waals surface area contributed by atoms with Crippen LogP contribution in [0.15, 0.2) is 24.3 Å². The topological polar surface area (TPSA) is 29.5 Å². The molecule has 0 amide bonds. The standard InChI is InChI=1S/C14H17BrO2/c15-9-10-2-1-3-11(6-10)14-5-4-13(17-14)7-12(16)8-14/h1-3,6,12-13,16H,4-5,7-9H2. The maximum Gasteiger partial charge on any atom is 0.0960 e. The number of benzene rings is 1. The van der Waals surface area contributed by atoms with Gasteiger partial charge in [0.05, 0.1) is 17.8 Å². The molecule has 2 aliphatic rings. The second-order valence-electron chi connectivity index (χ2n) is 5.20. The number of halogens is 1. The normalized spacial score (nSPS) is 36.1. The van der Waals surface area contributed by atoms with Gasteiger partial charge in [0.25, 0.3) is 0 Å². The molecule has 17 heavy (non-hydrogen) atoms. The number of aliphatic hydroxyl groups is 1. The van der Waals surface area contributed by atoms with Gasteiger partial charge < -0.3 is 9.84 Å². The third-order valence-electron chi connectivity index (χ3n) is 3.97. The molecule has 3 rings (SSSR count). The zero-order valence-electron chi connectivity index (χ0n) is 9.73. The molecule has 2 aliphatic heterocycles. The summed E-state index contributed by atoms with van der Waals surface area (Å²) in [7, 11) is 0. The van der Waals surface area contributed by atoms with E-state index in [0.29, 0.717) is 0 Å². The molecular weight excluding hydrogens is 280 g/mol. The number of rotatable bonds is 2. The van der Waals surface area contributed by atoms with Crippen LogP contribution in [0.3, 0.4) is 0 Å². The number of aliphatic hydroxyl groups excluding tert-OH is 1. The Bertz CT molecular complexity index is 420. The highest BCUT2D eigenvalue weighted by Crippen LogP contribution is 2.48. The van der Waals surface area contributed by atoms with Crippen LogP contribution in [0, 0.1) is 0 Å². The van der Waals surface area contributed by atoms with Crippen molar-refractivity contribution in [3.63, 3.8) is 0 Å². The maximum atomic E-state index is 9.95. The van der Waals surface area contributed by atoms with E-state index in [4.69, 9.17) is 4.74 Å². The summed E-state index contributed by atoms with van der Waals surface area (Å²) in [5.41, 5.74) is 2.28. The molecule has 0 saturated carbocycles. The van der Waals surface area contributed by atoms with Gasteiger partial charge in [0.1, 0.15) is 0 Å². The van der Waals surface area contributed by atoms with Crippen LogP contribution < -0.4 is 0 Å².